The minimum absolute atomic E-state index is 0.141. The number of carbonyl (C=O) groups is 2. The number of esters is 1. The number of nitrogens with one attached hydrogen (secondary N) is 2. The third-order valence-electron chi connectivity index (χ3n) is 5.24. The van der Waals surface area contributed by atoms with E-state index >= 15 is 0 Å². The molecule has 3 rings (SSSR count). The highest BCUT2D eigenvalue weighted by atomic mass is 35.5. The quantitative estimate of drug-likeness (QED) is 0.257. The molecule has 0 spiro atoms. The molecule has 0 aliphatic carbocycles. The van der Waals surface area contributed by atoms with Crippen LogP contribution >= 0.6 is 11.6 Å². The number of benzene rings is 2. The number of alkyl halides is 5. The Morgan fingerprint density at radius 1 is 1.03 bits per heavy atom. The molecule has 0 radical (unpaired) electrons. The summed E-state index contributed by atoms with van der Waals surface area (Å²) in [7, 11) is 1.19. The van der Waals surface area contributed by atoms with Crippen LogP contribution in [0.15, 0.2) is 54.7 Å². The highest BCUT2D eigenvalue weighted by molar-refractivity contribution is 6.34. The van der Waals surface area contributed by atoms with Gasteiger partial charge in [0.05, 0.1) is 23.7 Å². The van der Waals surface area contributed by atoms with Crippen LogP contribution in [0.3, 0.4) is 0 Å². The number of anilines is 2. The molecular weight excluding hydrogens is 528 g/mol. The predicted octanol–water partition coefficient (Wildman–Crippen LogP) is 6.64. The summed E-state index contributed by atoms with van der Waals surface area (Å²) < 4.78 is 83.1. The monoisotopic (exact) mass is 545 g/mol. The Labute approximate surface area is 211 Å². The molecule has 0 fully saturated rings. The lowest BCUT2D eigenvalue weighted by atomic mass is 9.97. The second kappa shape index (κ2) is 10.7. The molecule has 1 amide bonds. The van der Waals surface area contributed by atoms with Crippen molar-refractivity contribution < 1.29 is 40.7 Å². The molecule has 0 aliphatic rings. The Morgan fingerprint density at radius 3 is 2.27 bits per heavy atom. The van der Waals surface area contributed by atoms with E-state index in [1.54, 1.807) is 31.2 Å². The van der Waals surface area contributed by atoms with Crippen LogP contribution in [0.1, 0.15) is 28.9 Å². The van der Waals surface area contributed by atoms with E-state index in [0.29, 0.717) is 11.1 Å². The molecule has 0 saturated carbocycles. The second-order valence-electron chi connectivity index (χ2n) is 7.71. The molecule has 37 heavy (non-hydrogen) atoms. The number of nitrogens with zero attached hydrogens (tertiary/aromatic N) is 1. The van der Waals surface area contributed by atoms with Gasteiger partial charge in [-0.2, -0.15) is 22.0 Å². The predicted molar refractivity (Wildman–Crippen MR) is 124 cm³/mol. The first-order chi connectivity index (χ1) is 17.3. The number of hydrogen-bond acceptors (Lipinski definition) is 5. The average molecular weight is 546 g/mol. The molecule has 0 saturated heterocycles. The molecule has 3 aromatic rings. The summed E-state index contributed by atoms with van der Waals surface area (Å²) in [6.45, 7) is 1.62. The maximum atomic E-state index is 13.8. The fourth-order valence-electron chi connectivity index (χ4n) is 3.27. The Kier molecular flexibility index (Phi) is 8.01. The van der Waals surface area contributed by atoms with E-state index in [-0.39, 0.29) is 22.0 Å². The van der Waals surface area contributed by atoms with Crippen molar-refractivity contribution in [2.24, 2.45) is 0 Å². The number of methoxy groups -OCH3 is 1. The number of halogens is 7. The minimum atomic E-state index is -6.11. The molecule has 0 aliphatic heterocycles. The van der Waals surface area contributed by atoms with Crippen LogP contribution in [0, 0.1) is 5.82 Å². The van der Waals surface area contributed by atoms with Crippen molar-refractivity contribution in [1.82, 2.24) is 4.98 Å². The zero-order chi connectivity index (χ0) is 27.5. The zero-order valence-corrected chi connectivity index (χ0v) is 19.8. The lowest BCUT2D eigenvalue weighted by molar-refractivity contribution is -0.267. The van der Waals surface area contributed by atoms with E-state index in [1.807, 2.05) is 0 Å². The summed E-state index contributed by atoms with van der Waals surface area (Å²) in [6.07, 6.45) is -4.94. The largest absolute Gasteiger partial charge is 0.465 e. The van der Waals surface area contributed by atoms with Gasteiger partial charge in [-0.15, -0.1) is 0 Å². The molecule has 6 nitrogen and oxygen atoms in total. The van der Waals surface area contributed by atoms with Crippen molar-refractivity contribution in [1.29, 1.82) is 0 Å². The molecule has 13 heteroatoms. The van der Waals surface area contributed by atoms with Gasteiger partial charge < -0.3 is 15.4 Å². The number of carbonyl (C=O) groups excluding carboxylic acids is 2. The summed E-state index contributed by atoms with van der Waals surface area (Å²) >= 11 is 5.93. The fraction of sp³-hybridized carbons (Fsp3) is 0.208. The SMILES string of the molecule is COC(=O)c1ccc(F)cc1-c1ccc(C(C)Nc2nccc(Cl)c2NC(=O)C(F)(F)C(F)(F)F)cc1. The molecule has 1 heterocycles. The van der Waals surface area contributed by atoms with Gasteiger partial charge in [0.1, 0.15) is 11.5 Å². The number of ether oxygens (including phenoxy) is 1. The van der Waals surface area contributed by atoms with Gasteiger partial charge in [0.15, 0.2) is 5.82 Å². The van der Waals surface area contributed by atoms with Crippen LogP contribution in [0.4, 0.5) is 37.8 Å². The van der Waals surface area contributed by atoms with Crippen LogP contribution in [-0.4, -0.2) is 36.1 Å². The Bertz CT molecular complexity index is 1320. The van der Waals surface area contributed by atoms with E-state index in [2.05, 4.69) is 10.3 Å². The average Bonchev–Trinajstić information content (AvgIpc) is 2.84. The van der Waals surface area contributed by atoms with Gasteiger partial charge in [0.25, 0.3) is 0 Å². The Balaban J connectivity index is 1.86. The molecule has 196 valence electrons. The first kappa shape index (κ1) is 27.8. The van der Waals surface area contributed by atoms with Gasteiger partial charge in [-0.05, 0) is 47.9 Å². The van der Waals surface area contributed by atoms with Crippen molar-refractivity contribution in [2.75, 3.05) is 17.7 Å². The van der Waals surface area contributed by atoms with Gasteiger partial charge in [-0.3, -0.25) is 4.79 Å². The van der Waals surface area contributed by atoms with Gasteiger partial charge in [-0.25, -0.2) is 14.2 Å². The van der Waals surface area contributed by atoms with Gasteiger partial charge in [0.2, 0.25) is 0 Å². The van der Waals surface area contributed by atoms with Crippen molar-refractivity contribution >= 4 is 35.0 Å². The molecule has 0 bridgehead atoms. The normalized spacial score (nSPS) is 12.6. The van der Waals surface area contributed by atoms with E-state index in [0.717, 1.165) is 18.3 Å². The molecule has 1 aromatic heterocycles. The molecular formula is C24H18ClF6N3O3. The lowest BCUT2D eigenvalue weighted by Crippen LogP contribution is -2.47. The van der Waals surface area contributed by atoms with E-state index < -0.39 is 41.5 Å². The summed E-state index contributed by atoms with van der Waals surface area (Å²) in [6, 6.07) is 10.5. The highest BCUT2D eigenvalue weighted by Crippen LogP contribution is 2.38. The number of amides is 1. The summed E-state index contributed by atoms with van der Waals surface area (Å²) in [5.41, 5.74) is 0.927. The van der Waals surface area contributed by atoms with Crippen LogP contribution in [-0.2, 0) is 9.53 Å². The van der Waals surface area contributed by atoms with Crippen molar-refractivity contribution in [3.63, 3.8) is 0 Å². The van der Waals surface area contributed by atoms with Crippen molar-refractivity contribution in [3.05, 3.63) is 76.7 Å². The molecule has 2 aromatic carbocycles. The van der Waals surface area contributed by atoms with Gasteiger partial charge in [-0.1, -0.05) is 35.9 Å². The summed E-state index contributed by atoms with van der Waals surface area (Å²) in [5.74, 6) is -9.77. The first-order valence-electron chi connectivity index (χ1n) is 10.4. The molecule has 1 unspecified atom stereocenters. The first-order valence-corrected chi connectivity index (χ1v) is 10.8. The minimum Gasteiger partial charge on any atom is -0.465 e. The smallest absolute Gasteiger partial charge is 0.463 e. The fourth-order valence-corrected chi connectivity index (χ4v) is 3.46. The second-order valence-corrected chi connectivity index (χ2v) is 8.12. The van der Waals surface area contributed by atoms with Crippen LogP contribution in [0.5, 0.6) is 0 Å². The highest BCUT2D eigenvalue weighted by Gasteiger charge is 2.63. The number of hydrogen-bond donors (Lipinski definition) is 2. The van der Waals surface area contributed by atoms with E-state index in [1.165, 1.54) is 24.6 Å². The van der Waals surface area contributed by atoms with E-state index in [9.17, 15) is 35.9 Å². The van der Waals surface area contributed by atoms with Crippen LogP contribution in [0.2, 0.25) is 5.02 Å². The standard InChI is InChI=1S/C24H18ClF6N3O3/c1-12(13-3-5-14(6-4-13)17-11-15(26)7-8-16(17)21(35)37-2)33-20-19(18(25)9-10-32-20)34-22(36)23(27,28)24(29,30)31/h3-12H,1-2H3,(H,32,33)(H,34,36). The Morgan fingerprint density at radius 2 is 1.68 bits per heavy atom. The summed E-state index contributed by atoms with van der Waals surface area (Å²) in [5, 5.41) is 3.97. The summed E-state index contributed by atoms with van der Waals surface area (Å²) in [4.78, 5) is 27.6. The maximum absolute atomic E-state index is 13.8. The van der Waals surface area contributed by atoms with Crippen LogP contribution < -0.4 is 10.6 Å². The third kappa shape index (κ3) is 5.96. The number of aromatic nitrogens is 1. The van der Waals surface area contributed by atoms with Crippen molar-refractivity contribution in [2.45, 2.75) is 25.1 Å². The maximum Gasteiger partial charge on any atom is 0.463 e. The van der Waals surface area contributed by atoms with Crippen LogP contribution in [0.25, 0.3) is 11.1 Å². The topological polar surface area (TPSA) is 80.3 Å². The molecule has 2 N–H and O–H groups in total. The Hall–Kier alpha value is -3.80. The zero-order valence-electron chi connectivity index (χ0n) is 19.1. The molecule has 1 atom stereocenters. The number of rotatable bonds is 7. The van der Waals surface area contributed by atoms with Crippen molar-refractivity contribution in [3.8, 4) is 11.1 Å². The van der Waals surface area contributed by atoms with Gasteiger partial charge >= 0.3 is 24.0 Å². The van der Waals surface area contributed by atoms with Gasteiger partial charge in [0, 0.05) is 6.20 Å². The lowest BCUT2D eigenvalue weighted by Gasteiger charge is -2.22. The third-order valence-corrected chi connectivity index (χ3v) is 5.56. The van der Waals surface area contributed by atoms with E-state index in [4.69, 9.17) is 16.3 Å². The number of pyridine rings is 1.